The number of para-hydroxylation sites is 1. The molecule has 0 saturated heterocycles. The zero-order valence-electron chi connectivity index (χ0n) is 32.5. The summed E-state index contributed by atoms with van der Waals surface area (Å²) >= 11 is 0. The van der Waals surface area contributed by atoms with Crippen LogP contribution in [0, 0.1) is 0 Å². The highest BCUT2D eigenvalue weighted by molar-refractivity contribution is 7.86. The van der Waals surface area contributed by atoms with Crippen molar-refractivity contribution in [2.24, 2.45) is 30.7 Å². The molecule has 64 heavy (non-hydrogen) atoms. The third kappa shape index (κ3) is 9.29. The van der Waals surface area contributed by atoms with Gasteiger partial charge in [0.15, 0.2) is 5.75 Å². The fourth-order valence-corrected chi connectivity index (χ4v) is 7.61. The molecule has 8 aromatic rings. The molecule has 0 radical (unpaired) electrons. The van der Waals surface area contributed by atoms with E-state index in [0.29, 0.717) is 16.2 Å². The van der Waals surface area contributed by atoms with Crippen LogP contribution in [0.2, 0.25) is 0 Å². The first-order valence-electron chi connectivity index (χ1n) is 18.5. The minimum atomic E-state index is -4.69. The molecular formula is C44H29N7O11S2. The molecule has 0 aliphatic heterocycles. The van der Waals surface area contributed by atoms with Crippen molar-refractivity contribution in [3.8, 4) is 17.2 Å². The molecule has 0 saturated carbocycles. The molecule has 0 atom stereocenters. The average molecular weight is 896 g/mol. The number of azo groups is 3. The van der Waals surface area contributed by atoms with Gasteiger partial charge in [0.25, 0.3) is 33.2 Å². The molecule has 318 valence electrons. The minimum absolute atomic E-state index is 0.00960. The summed E-state index contributed by atoms with van der Waals surface area (Å²) in [6.45, 7) is 0.349. The van der Waals surface area contributed by atoms with E-state index in [-0.39, 0.29) is 75.1 Å². The summed E-state index contributed by atoms with van der Waals surface area (Å²) in [5.41, 5.74) is 2.59. The molecule has 0 aromatic heterocycles. The summed E-state index contributed by atoms with van der Waals surface area (Å²) in [5.74, 6) is -0.125. The maximum absolute atomic E-state index is 12.2. The molecule has 0 aliphatic rings. The number of anilines is 2. The molecule has 0 heterocycles. The monoisotopic (exact) mass is 895 g/mol. The third-order valence-electron chi connectivity index (χ3n) is 9.55. The molecule has 8 rings (SSSR count). The first-order valence-corrected chi connectivity index (χ1v) is 21.4. The van der Waals surface area contributed by atoms with Crippen LogP contribution in [-0.4, -0.2) is 44.0 Å². The van der Waals surface area contributed by atoms with E-state index < -0.39 is 30.0 Å². The van der Waals surface area contributed by atoms with E-state index in [1.54, 1.807) is 18.2 Å². The van der Waals surface area contributed by atoms with Crippen LogP contribution in [0.3, 0.4) is 0 Å². The van der Waals surface area contributed by atoms with Crippen molar-refractivity contribution in [1.82, 2.24) is 0 Å². The van der Waals surface area contributed by atoms with Crippen LogP contribution < -0.4 is 14.8 Å². The highest BCUT2D eigenvalue weighted by Crippen LogP contribution is 2.42. The Bertz CT molecular complexity index is 3470. The topological polar surface area (TPSA) is 268 Å². The van der Waals surface area contributed by atoms with Gasteiger partial charge in [0.05, 0.1) is 38.2 Å². The van der Waals surface area contributed by atoms with E-state index in [2.05, 4.69) is 36.0 Å². The van der Waals surface area contributed by atoms with E-state index in [1.807, 2.05) is 42.5 Å². The van der Waals surface area contributed by atoms with Crippen molar-refractivity contribution in [3.63, 3.8) is 0 Å². The van der Waals surface area contributed by atoms with Gasteiger partial charge < -0.3 is 19.9 Å². The Kier molecular flexibility index (Phi) is 11.7. The predicted molar refractivity (Wildman–Crippen MR) is 235 cm³/mol. The second-order valence-electron chi connectivity index (χ2n) is 13.6. The van der Waals surface area contributed by atoms with Gasteiger partial charge in [-0.2, -0.15) is 21.9 Å². The Morgan fingerprint density at radius 1 is 0.453 bits per heavy atom. The summed E-state index contributed by atoms with van der Waals surface area (Å²) in [7, 11) is -9.36. The van der Waals surface area contributed by atoms with Crippen LogP contribution in [0.5, 0.6) is 17.2 Å². The van der Waals surface area contributed by atoms with Gasteiger partial charge >= 0.3 is 0 Å². The second kappa shape index (κ2) is 17.6. The van der Waals surface area contributed by atoms with Gasteiger partial charge in [-0.1, -0.05) is 36.4 Å². The quantitative estimate of drug-likeness (QED) is 0.0451. The van der Waals surface area contributed by atoms with Gasteiger partial charge in [-0.3, -0.25) is 18.7 Å². The van der Waals surface area contributed by atoms with Gasteiger partial charge in [-0.25, -0.2) is 0 Å². The number of phenols is 1. The molecule has 0 unspecified atom stereocenters. The molecule has 0 aliphatic carbocycles. The highest BCUT2D eigenvalue weighted by Gasteiger charge is 2.17. The first-order chi connectivity index (χ1) is 30.8. The maximum atomic E-state index is 12.2. The lowest BCUT2D eigenvalue weighted by Gasteiger charge is -2.09. The molecule has 0 fully saturated rings. The zero-order chi connectivity index (χ0) is 45.0. The lowest BCUT2D eigenvalue weighted by atomic mass is 10.1. The van der Waals surface area contributed by atoms with Crippen molar-refractivity contribution in [2.45, 2.75) is 9.79 Å². The fourth-order valence-electron chi connectivity index (χ4n) is 6.60. The number of phenolic OH excluding ortho intramolecular Hbond substituents is 1. The largest absolute Gasteiger partial charge is 0.505 e. The summed E-state index contributed by atoms with van der Waals surface area (Å²) in [4.78, 5) is 21.0. The predicted octanol–water partition coefficient (Wildman–Crippen LogP) is 11.4. The summed E-state index contributed by atoms with van der Waals surface area (Å²) in [6.07, 6.45) is 0. The van der Waals surface area contributed by atoms with Gasteiger partial charge in [0, 0.05) is 56.5 Å². The van der Waals surface area contributed by atoms with E-state index in [1.165, 1.54) is 60.7 Å². The molecule has 0 amide bonds. The number of nitrogens with one attached hydrogen (secondary N) is 1. The number of hydrogen-bond acceptors (Lipinski definition) is 16. The lowest BCUT2D eigenvalue weighted by molar-refractivity contribution is -0.121. The van der Waals surface area contributed by atoms with Crippen LogP contribution >= 0.6 is 0 Å². The van der Waals surface area contributed by atoms with Crippen LogP contribution in [0.1, 0.15) is 0 Å². The van der Waals surface area contributed by atoms with Gasteiger partial charge in [0.2, 0.25) is 0 Å². The Hall–Kier alpha value is -8.30. The number of benzene rings is 8. The molecule has 20 heteroatoms. The van der Waals surface area contributed by atoms with Crippen molar-refractivity contribution < 1.29 is 50.1 Å². The summed E-state index contributed by atoms with van der Waals surface area (Å²) in [6, 6.07) is 35.7. The molecule has 0 bridgehead atoms. The number of carbonyl (C=O) groups excluding carboxylic acids is 2. The fraction of sp³-hybridized carbons (Fsp3) is 0. The minimum Gasteiger partial charge on any atom is -0.505 e. The van der Waals surface area contributed by atoms with E-state index in [9.17, 15) is 40.6 Å². The van der Waals surface area contributed by atoms with Gasteiger partial charge in [0.1, 0.15) is 17.2 Å². The number of ether oxygens (including phenoxy) is 2. The van der Waals surface area contributed by atoms with E-state index >= 15 is 0 Å². The van der Waals surface area contributed by atoms with Gasteiger partial charge in [-0.05, 0) is 90.3 Å². The average Bonchev–Trinajstić information content (AvgIpc) is 3.27. The number of carbonyl (C=O) groups is 2. The SMILES string of the molecule is O=COc1cc(N=Nc2ccc(N=Nc3ccc(N=Nc4ccc5cc(Nc6ccccc6)ccc5c4O)c4cc(S(=O)(=O)O)ccc34)c3cc(S(=O)(=O)O)ccc23)cc(OC=O)c1. The van der Waals surface area contributed by atoms with Crippen molar-refractivity contribution in [1.29, 1.82) is 0 Å². The molecular weight excluding hydrogens is 867 g/mol. The smallest absolute Gasteiger partial charge is 0.298 e. The van der Waals surface area contributed by atoms with Crippen LogP contribution in [-0.2, 0) is 29.8 Å². The van der Waals surface area contributed by atoms with Crippen molar-refractivity contribution in [2.75, 3.05) is 5.32 Å². The molecule has 4 N–H and O–H groups in total. The highest BCUT2D eigenvalue weighted by atomic mass is 32.2. The summed E-state index contributed by atoms with van der Waals surface area (Å²) < 4.78 is 78.3. The Labute approximate surface area is 362 Å². The number of hydrogen-bond donors (Lipinski definition) is 4. The van der Waals surface area contributed by atoms with Crippen molar-refractivity contribution in [3.05, 3.63) is 140 Å². The lowest BCUT2D eigenvalue weighted by Crippen LogP contribution is -1.97. The van der Waals surface area contributed by atoms with Crippen molar-refractivity contribution >= 4 is 111 Å². The molecule has 8 aromatic carbocycles. The number of rotatable bonds is 14. The number of aromatic hydroxyl groups is 1. The zero-order valence-corrected chi connectivity index (χ0v) is 34.2. The van der Waals surface area contributed by atoms with Crippen LogP contribution in [0.4, 0.5) is 45.5 Å². The molecule has 18 nitrogen and oxygen atoms in total. The van der Waals surface area contributed by atoms with E-state index in [0.717, 1.165) is 35.0 Å². The second-order valence-corrected chi connectivity index (χ2v) is 16.5. The van der Waals surface area contributed by atoms with Crippen LogP contribution in [0.15, 0.2) is 180 Å². The number of fused-ring (bicyclic) bond motifs is 3. The Balaban J connectivity index is 1.16. The standard InChI is InChI=1S/C44H29N7O11S2/c52-24-61-30-19-29(20-31(21-30)62-25-53)46-47-39-14-16-41(37-22-32(63(55,56)57)8-11-35(37)39)49-48-40-15-17-42(38-23-33(64(58,59)60)9-12-36(38)40)50-51-43-13-6-26-18-28(7-10-34(26)44(43)54)45-27-4-2-1-3-5-27/h1-25,45,54H,(H,55,56,57)(H,58,59,60). The summed E-state index contributed by atoms with van der Waals surface area (Å²) in [5, 5.41) is 42.5. The Morgan fingerprint density at radius 2 is 0.922 bits per heavy atom. The molecule has 0 spiro atoms. The normalized spacial score (nSPS) is 12.2. The third-order valence-corrected chi connectivity index (χ3v) is 11.2. The van der Waals surface area contributed by atoms with Crippen LogP contribution in [0.25, 0.3) is 32.3 Å². The van der Waals surface area contributed by atoms with E-state index in [4.69, 9.17) is 9.47 Å². The first kappa shape index (κ1) is 42.4. The number of nitrogens with zero attached hydrogens (tertiary/aromatic N) is 6. The maximum Gasteiger partial charge on any atom is 0.298 e. The van der Waals surface area contributed by atoms with Gasteiger partial charge in [-0.15, -0.1) is 25.6 Å². The Morgan fingerprint density at radius 3 is 1.44 bits per heavy atom.